The molecule has 0 aromatic carbocycles. The van der Waals surface area contributed by atoms with Crippen LogP contribution in [0.4, 0.5) is 0 Å². The summed E-state index contributed by atoms with van der Waals surface area (Å²) >= 11 is 4.24. The van der Waals surface area contributed by atoms with E-state index < -0.39 is 10.0 Å². The van der Waals surface area contributed by atoms with Crippen molar-refractivity contribution in [2.24, 2.45) is 0 Å². The molecule has 4 nitrogen and oxygen atoms in total. The van der Waals surface area contributed by atoms with Crippen LogP contribution in [0.5, 0.6) is 0 Å². The molecule has 0 aliphatic heterocycles. The summed E-state index contributed by atoms with van der Waals surface area (Å²) in [4.78, 5) is 9.96. The fourth-order valence-electron chi connectivity index (χ4n) is 0.657. The average molecular weight is 284 g/mol. The van der Waals surface area contributed by atoms with Gasteiger partial charge in [-0.3, -0.25) is 0 Å². The van der Waals surface area contributed by atoms with E-state index in [1.165, 1.54) is 6.07 Å². The molecule has 1 aromatic heterocycles. The van der Waals surface area contributed by atoms with Crippen LogP contribution in [0.25, 0.3) is 0 Å². The van der Waals surface area contributed by atoms with Crippen molar-refractivity contribution in [2.45, 2.75) is 4.21 Å². The van der Waals surface area contributed by atoms with E-state index in [2.05, 4.69) is 20.7 Å². The SMILES string of the molecule is O=CCNS(=O)(=O)c1ccc(Br)s1. The summed E-state index contributed by atoms with van der Waals surface area (Å²) in [5.41, 5.74) is 0. The molecule has 0 saturated carbocycles. The van der Waals surface area contributed by atoms with Crippen LogP contribution < -0.4 is 4.72 Å². The van der Waals surface area contributed by atoms with Crippen LogP contribution in [-0.2, 0) is 14.8 Å². The van der Waals surface area contributed by atoms with Gasteiger partial charge in [-0.25, -0.2) is 13.1 Å². The van der Waals surface area contributed by atoms with Crippen molar-refractivity contribution in [3.05, 3.63) is 15.9 Å². The number of aldehydes is 1. The van der Waals surface area contributed by atoms with Crippen LogP contribution in [0.2, 0.25) is 0 Å². The van der Waals surface area contributed by atoms with Crippen LogP contribution in [0.1, 0.15) is 0 Å². The second-order valence-corrected chi connectivity index (χ2v) is 6.53. The lowest BCUT2D eigenvalue weighted by atomic mass is 10.7. The topological polar surface area (TPSA) is 63.2 Å². The van der Waals surface area contributed by atoms with Crippen molar-refractivity contribution >= 4 is 43.6 Å². The molecule has 0 spiro atoms. The summed E-state index contributed by atoms with van der Waals surface area (Å²) in [7, 11) is -3.49. The van der Waals surface area contributed by atoms with E-state index in [1.807, 2.05) is 0 Å². The number of hydrogen-bond donors (Lipinski definition) is 1. The second kappa shape index (κ2) is 4.32. The Morgan fingerprint density at radius 3 is 2.69 bits per heavy atom. The molecule has 0 saturated heterocycles. The van der Waals surface area contributed by atoms with Gasteiger partial charge < -0.3 is 4.79 Å². The Morgan fingerprint density at radius 2 is 2.23 bits per heavy atom. The number of hydrogen-bond acceptors (Lipinski definition) is 4. The third-order valence-electron chi connectivity index (χ3n) is 1.17. The predicted molar refractivity (Wildman–Crippen MR) is 53.3 cm³/mol. The van der Waals surface area contributed by atoms with Crippen molar-refractivity contribution in [1.82, 2.24) is 4.72 Å². The fraction of sp³-hybridized carbons (Fsp3) is 0.167. The van der Waals surface area contributed by atoms with Gasteiger partial charge in [-0.2, -0.15) is 0 Å². The first-order valence-electron chi connectivity index (χ1n) is 3.25. The third kappa shape index (κ3) is 2.87. The highest BCUT2D eigenvalue weighted by Crippen LogP contribution is 2.25. The molecule has 0 bridgehead atoms. The highest BCUT2D eigenvalue weighted by molar-refractivity contribution is 9.11. The molecular weight excluding hydrogens is 278 g/mol. The summed E-state index contributed by atoms with van der Waals surface area (Å²) in [5, 5.41) is 0. The largest absolute Gasteiger partial charge is 0.302 e. The zero-order chi connectivity index (χ0) is 9.90. The molecule has 1 aromatic rings. The summed E-state index contributed by atoms with van der Waals surface area (Å²) in [6.07, 6.45) is 0.500. The molecule has 0 amide bonds. The molecule has 0 atom stereocenters. The molecule has 72 valence electrons. The molecule has 0 radical (unpaired) electrons. The zero-order valence-corrected chi connectivity index (χ0v) is 9.58. The van der Waals surface area contributed by atoms with Crippen LogP contribution >= 0.6 is 27.3 Å². The van der Waals surface area contributed by atoms with Crippen LogP contribution in [-0.4, -0.2) is 21.2 Å². The smallest absolute Gasteiger partial charge is 0.250 e. The van der Waals surface area contributed by atoms with Crippen LogP contribution in [0, 0.1) is 0 Å². The monoisotopic (exact) mass is 283 g/mol. The number of thiophene rings is 1. The minimum absolute atomic E-state index is 0.196. The lowest BCUT2D eigenvalue weighted by molar-refractivity contribution is -0.106. The quantitative estimate of drug-likeness (QED) is 0.839. The molecule has 13 heavy (non-hydrogen) atoms. The highest BCUT2D eigenvalue weighted by atomic mass is 79.9. The van der Waals surface area contributed by atoms with Crippen molar-refractivity contribution in [2.75, 3.05) is 6.54 Å². The van der Waals surface area contributed by atoms with Crippen molar-refractivity contribution < 1.29 is 13.2 Å². The molecule has 0 unspecified atom stereocenters. The minimum Gasteiger partial charge on any atom is -0.302 e. The number of nitrogens with one attached hydrogen (secondary N) is 1. The van der Waals surface area contributed by atoms with Gasteiger partial charge in [0, 0.05) is 0 Å². The fourth-order valence-corrected chi connectivity index (χ4v) is 3.66. The van der Waals surface area contributed by atoms with E-state index in [-0.39, 0.29) is 10.8 Å². The lowest BCUT2D eigenvalue weighted by Gasteiger charge is -1.98. The van der Waals surface area contributed by atoms with Gasteiger partial charge in [-0.15, -0.1) is 11.3 Å². The van der Waals surface area contributed by atoms with Gasteiger partial charge in [0.2, 0.25) is 10.0 Å². The maximum Gasteiger partial charge on any atom is 0.250 e. The average Bonchev–Trinajstić information content (AvgIpc) is 2.49. The molecule has 1 N–H and O–H groups in total. The van der Waals surface area contributed by atoms with Crippen molar-refractivity contribution in [3.63, 3.8) is 0 Å². The maximum absolute atomic E-state index is 11.3. The van der Waals surface area contributed by atoms with Crippen molar-refractivity contribution in [3.8, 4) is 0 Å². The molecule has 1 rings (SSSR count). The van der Waals surface area contributed by atoms with Gasteiger partial charge in [0.1, 0.15) is 10.5 Å². The lowest BCUT2D eigenvalue weighted by Crippen LogP contribution is -2.24. The molecule has 7 heteroatoms. The Bertz CT molecular complexity index is 398. The number of halogens is 1. The first-order valence-corrected chi connectivity index (χ1v) is 6.34. The molecule has 0 aliphatic carbocycles. The number of carbonyl (C=O) groups excluding carboxylic acids is 1. The minimum atomic E-state index is -3.49. The summed E-state index contributed by atoms with van der Waals surface area (Å²) < 4.78 is 25.7. The summed E-state index contributed by atoms with van der Waals surface area (Å²) in [6.45, 7) is -0.197. The summed E-state index contributed by atoms with van der Waals surface area (Å²) in [6, 6.07) is 3.11. The van der Waals surface area contributed by atoms with E-state index in [1.54, 1.807) is 6.07 Å². The highest BCUT2D eigenvalue weighted by Gasteiger charge is 2.14. The Morgan fingerprint density at radius 1 is 1.54 bits per heavy atom. The van der Waals surface area contributed by atoms with Gasteiger partial charge in [0.15, 0.2) is 0 Å². The molecular formula is C6H6BrNO3S2. The Labute approximate surface area is 88.1 Å². The van der Waals surface area contributed by atoms with Gasteiger partial charge in [-0.05, 0) is 28.1 Å². The number of carbonyl (C=O) groups is 1. The van der Waals surface area contributed by atoms with Crippen LogP contribution in [0.15, 0.2) is 20.1 Å². The van der Waals surface area contributed by atoms with E-state index in [0.717, 1.165) is 15.1 Å². The Balaban J connectivity index is 2.87. The normalized spacial score (nSPS) is 11.5. The van der Waals surface area contributed by atoms with Gasteiger partial charge in [-0.1, -0.05) is 0 Å². The van der Waals surface area contributed by atoms with Crippen LogP contribution in [0.3, 0.4) is 0 Å². The van der Waals surface area contributed by atoms with E-state index >= 15 is 0 Å². The number of sulfonamides is 1. The van der Waals surface area contributed by atoms with Crippen molar-refractivity contribution in [1.29, 1.82) is 0 Å². The van der Waals surface area contributed by atoms with E-state index in [4.69, 9.17) is 0 Å². The molecule has 0 fully saturated rings. The first-order chi connectivity index (χ1) is 6.06. The number of rotatable bonds is 4. The van der Waals surface area contributed by atoms with E-state index in [0.29, 0.717) is 6.29 Å². The van der Waals surface area contributed by atoms with E-state index in [9.17, 15) is 13.2 Å². The summed E-state index contributed by atoms with van der Waals surface area (Å²) in [5.74, 6) is 0. The standard InChI is InChI=1S/C6H6BrNO3S2/c7-5-1-2-6(12-5)13(10,11)8-3-4-9/h1-2,4,8H,3H2. The molecule has 0 aliphatic rings. The zero-order valence-electron chi connectivity index (χ0n) is 6.36. The second-order valence-electron chi connectivity index (χ2n) is 2.08. The predicted octanol–water partition coefficient (Wildman–Crippen LogP) is 0.988. The van der Waals surface area contributed by atoms with Gasteiger partial charge >= 0.3 is 0 Å². The van der Waals surface area contributed by atoms with Gasteiger partial charge in [0.25, 0.3) is 0 Å². The first kappa shape index (κ1) is 10.8. The molecule has 1 heterocycles. The Kier molecular flexibility index (Phi) is 3.60. The third-order valence-corrected chi connectivity index (χ3v) is 4.71. The van der Waals surface area contributed by atoms with Gasteiger partial charge in [0.05, 0.1) is 10.3 Å². The Hall–Kier alpha value is -0.240. The maximum atomic E-state index is 11.3.